The van der Waals surface area contributed by atoms with Crippen LogP contribution in [0.4, 0.5) is 0 Å². The number of rotatable bonds is 18. The second kappa shape index (κ2) is 18.1. The van der Waals surface area contributed by atoms with Gasteiger partial charge in [-0.25, -0.2) is 9.59 Å². The predicted octanol–water partition coefficient (Wildman–Crippen LogP) is 7.79. The fourth-order valence-electron chi connectivity index (χ4n) is 4.42. The molecular weight excluding hydrogens is 514 g/mol. The van der Waals surface area contributed by atoms with Gasteiger partial charge in [-0.3, -0.25) is 0 Å². The van der Waals surface area contributed by atoms with Gasteiger partial charge in [-0.1, -0.05) is 87.6 Å². The van der Waals surface area contributed by atoms with Crippen molar-refractivity contribution in [1.29, 1.82) is 5.26 Å². The number of hydrogen-bond donors (Lipinski definition) is 0. The van der Waals surface area contributed by atoms with Gasteiger partial charge in [0.05, 0.1) is 30.4 Å². The topological polar surface area (TPSA) is 85.6 Å². The van der Waals surface area contributed by atoms with Crippen LogP contribution in [0.3, 0.4) is 0 Å². The molecule has 0 saturated carbocycles. The van der Waals surface area contributed by atoms with E-state index in [1.807, 2.05) is 60.7 Å². The maximum absolute atomic E-state index is 12.9. The Morgan fingerprint density at radius 3 is 2.07 bits per heavy atom. The maximum atomic E-state index is 12.9. The number of esters is 2. The standard InChI is InChI=1S/C35H39NO5/c1-2-33(37)40-26-13-8-6-4-3-5-7-12-25-39-32-18-14-17-30(24-23-28-19-21-29(27-36)22-20-28)34(32)41-35(38)31-15-10-9-11-16-31/h2,9-11,14-22H,1,3-8,12-13,23-26H2. The van der Waals surface area contributed by atoms with E-state index in [0.29, 0.717) is 42.3 Å². The van der Waals surface area contributed by atoms with Crippen LogP contribution >= 0.6 is 0 Å². The molecule has 0 unspecified atom stereocenters. The average molecular weight is 554 g/mol. The highest BCUT2D eigenvalue weighted by Crippen LogP contribution is 2.33. The number of carbonyl (C=O) groups is 2. The highest BCUT2D eigenvalue weighted by Gasteiger charge is 2.17. The van der Waals surface area contributed by atoms with E-state index in [-0.39, 0.29) is 5.97 Å². The highest BCUT2D eigenvalue weighted by atomic mass is 16.6. The second-order valence-electron chi connectivity index (χ2n) is 9.86. The van der Waals surface area contributed by atoms with E-state index in [4.69, 9.17) is 19.5 Å². The van der Waals surface area contributed by atoms with E-state index in [0.717, 1.165) is 68.9 Å². The summed E-state index contributed by atoms with van der Waals surface area (Å²) >= 11 is 0. The van der Waals surface area contributed by atoms with E-state index in [1.165, 1.54) is 6.08 Å². The minimum atomic E-state index is -0.417. The van der Waals surface area contributed by atoms with Gasteiger partial charge in [-0.05, 0) is 67.1 Å². The molecule has 0 heterocycles. The van der Waals surface area contributed by atoms with Gasteiger partial charge in [-0.15, -0.1) is 0 Å². The lowest BCUT2D eigenvalue weighted by molar-refractivity contribution is -0.137. The number of hydrogen-bond acceptors (Lipinski definition) is 6. The van der Waals surface area contributed by atoms with Crippen molar-refractivity contribution in [2.24, 2.45) is 0 Å². The molecule has 0 saturated heterocycles. The predicted molar refractivity (Wildman–Crippen MR) is 160 cm³/mol. The van der Waals surface area contributed by atoms with Crippen LogP contribution in [0.25, 0.3) is 0 Å². The summed E-state index contributed by atoms with van der Waals surface area (Å²) in [4.78, 5) is 24.0. The van der Waals surface area contributed by atoms with Crippen molar-refractivity contribution in [3.8, 4) is 17.6 Å². The Bertz CT molecular complexity index is 1280. The number of benzene rings is 3. The zero-order valence-electron chi connectivity index (χ0n) is 23.7. The molecular formula is C35H39NO5. The maximum Gasteiger partial charge on any atom is 0.343 e. The van der Waals surface area contributed by atoms with Gasteiger partial charge in [0.1, 0.15) is 0 Å². The summed E-state index contributed by atoms with van der Waals surface area (Å²) in [6.07, 6.45) is 11.1. The first-order chi connectivity index (χ1) is 20.1. The monoisotopic (exact) mass is 553 g/mol. The Morgan fingerprint density at radius 2 is 1.41 bits per heavy atom. The van der Waals surface area contributed by atoms with Crippen molar-refractivity contribution in [3.63, 3.8) is 0 Å². The second-order valence-corrected chi connectivity index (χ2v) is 9.86. The quantitative estimate of drug-likeness (QED) is 0.0692. The Labute approximate surface area is 243 Å². The Morgan fingerprint density at radius 1 is 0.756 bits per heavy atom. The van der Waals surface area contributed by atoms with E-state index in [2.05, 4.69) is 12.6 Å². The molecule has 6 nitrogen and oxygen atoms in total. The molecule has 0 atom stereocenters. The number of nitrogens with zero attached hydrogens (tertiary/aromatic N) is 1. The summed E-state index contributed by atoms with van der Waals surface area (Å²) in [6.45, 7) is 4.40. The van der Waals surface area contributed by atoms with Crippen molar-refractivity contribution in [2.45, 2.75) is 64.2 Å². The fraction of sp³-hybridized carbons (Fsp3) is 0.343. The number of para-hydroxylation sites is 1. The Hall–Kier alpha value is -4.37. The van der Waals surface area contributed by atoms with Gasteiger partial charge in [-0.2, -0.15) is 5.26 Å². The van der Waals surface area contributed by atoms with Gasteiger partial charge < -0.3 is 14.2 Å². The summed E-state index contributed by atoms with van der Waals surface area (Å²) in [5.74, 6) is 0.265. The zero-order valence-corrected chi connectivity index (χ0v) is 23.7. The third-order valence-corrected chi connectivity index (χ3v) is 6.74. The summed E-state index contributed by atoms with van der Waals surface area (Å²) < 4.78 is 17.0. The lowest BCUT2D eigenvalue weighted by Crippen LogP contribution is -2.12. The summed E-state index contributed by atoms with van der Waals surface area (Å²) in [5.41, 5.74) is 3.12. The van der Waals surface area contributed by atoms with Crippen LogP contribution in [-0.2, 0) is 22.4 Å². The summed E-state index contributed by atoms with van der Waals surface area (Å²) in [7, 11) is 0. The molecule has 0 radical (unpaired) electrons. The van der Waals surface area contributed by atoms with Gasteiger partial charge in [0, 0.05) is 6.08 Å². The Kier molecular flexibility index (Phi) is 13.7. The first-order valence-corrected chi connectivity index (χ1v) is 14.4. The lowest BCUT2D eigenvalue weighted by Gasteiger charge is -2.16. The van der Waals surface area contributed by atoms with Gasteiger partial charge in [0.2, 0.25) is 0 Å². The van der Waals surface area contributed by atoms with Crippen LogP contribution in [-0.4, -0.2) is 25.2 Å². The molecule has 214 valence electrons. The number of nitriles is 1. The van der Waals surface area contributed by atoms with Gasteiger partial charge in [0.25, 0.3) is 0 Å². The molecule has 3 aromatic carbocycles. The number of aryl methyl sites for hydroxylation is 2. The molecule has 0 aliphatic carbocycles. The Balaban J connectivity index is 1.49. The highest BCUT2D eigenvalue weighted by molar-refractivity contribution is 5.91. The van der Waals surface area contributed by atoms with Crippen molar-refractivity contribution < 1.29 is 23.8 Å². The van der Waals surface area contributed by atoms with Gasteiger partial charge in [0.15, 0.2) is 11.5 Å². The molecule has 0 fully saturated rings. The number of unbranched alkanes of at least 4 members (excludes halogenated alkanes) is 7. The number of ether oxygens (including phenoxy) is 3. The van der Waals surface area contributed by atoms with Crippen LogP contribution in [0.15, 0.2) is 85.5 Å². The van der Waals surface area contributed by atoms with Crippen molar-refractivity contribution in [1.82, 2.24) is 0 Å². The van der Waals surface area contributed by atoms with Crippen LogP contribution in [0.5, 0.6) is 11.5 Å². The zero-order chi connectivity index (χ0) is 29.1. The molecule has 3 aromatic rings. The van der Waals surface area contributed by atoms with E-state index in [9.17, 15) is 9.59 Å². The number of carbonyl (C=O) groups excluding carboxylic acids is 2. The molecule has 6 heteroatoms. The molecule has 3 rings (SSSR count). The normalized spacial score (nSPS) is 10.4. The first kappa shape index (κ1) is 31.2. The van der Waals surface area contributed by atoms with Crippen LogP contribution in [0.1, 0.15) is 78.4 Å². The SMILES string of the molecule is C=CC(=O)OCCCCCCCCCCOc1cccc(CCc2ccc(C#N)cc2)c1OC(=O)c1ccccc1. The fourth-order valence-corrected chi connectivity index (χ4v) is 4.42. The molecule has 0 N–H and O–H groups in total. The largest absolute Gasteiger partial charge is 0.490 e. The van der Waals surface area contributed by atoms with E-state index >= 15 is 0 Å². The smallest absolute Gasteiger partial charge is 0.343 e. The average Bonchev–Trinajstić information content (AvgIpc) is 3.01. The van der Waals surface area contributed by atoms with Crippen LogP contribution in [0.2, 0.25) is 0 Å². The third kappa shape index (κ3) is 11.3. The summed E-state index contributed by atoms with van der Waals surface area (Å²) in [6, 6.07) is 24.4. The summed E-state index contributed by atoms with van der Waals surface area (Å²) in [5, 5.41) is 9.05. The molecule has 0 aliphatic rings. The van der Waals surface area contributed by atoms with Crippen LogP contribution in [0, 0.1) is 11.3 Å². The molecule has 0 aromatic heterocycles. The lowest BCUT2D eigenvalue weighted by atomic mass is 10.0. The minimum absolute atomic E-state index is 0.358. The van der Waals surface area contributed by atoms with Crippen molar-refractivity contribution in [2.75, 3.05) is 13.2 Å². The third-order valence-electron chi connectivity index (χ3n) is 6.74. The molecule has 41 heavy (non-hydrogen) atoms. The van der Waals surface area contributed by atoms with Crippen LogP contribution < -0.4 is 9.47 Å². The molecule has 0 spiro atoms. The van der Waals surface area contributed by atoms with E-state index in [1.54, 1.807) is 12.1 Å². The molecule has 0 bridgehead atoms. The first-order valence-electron chi connectivity index (χ1n) is 14.4. The van der Waals surface area contributed by atoms with Crippen molar-refractivity contribution >= 4 is 11.9 Å². The van der Waals surface area contributed by atoms with E-state index < -0.39 is 5.97 Å². The molecule has 0 aliphatic heterocycles. The van der Waals surface area contributed by atoms with Crippen molar-refractivity contribution in [3.05, 3.63) is 108 Å². The molecule has 0 amide bonds. The minimum Gasteiger partial charge on any atom is -0.490 e. The van der Waals surface area contributed by atoms with Gasteiger partial charge >= 0.3 is 11.9 Å².